The van der Waals surface area contributed by atoms with Crippen molar-refractivity contribution in [1.29, 1.82) is 0 Å². The van der Waals surface area contributed by atoms with Crippen LogP contribution in [0.5, 0.6) is 5.75 Å². The molecule has 1 aromatic carbocycles. The van der Waals surface area contributed by atoms with E-state index in [9.17, 15) is 9.59 Å². The van der Waals surface area contributed by atoms with Crippen LogP contribution >= 0.6 is 23.4 Å². The Labute approximate surface area is 177 Å². The Balaban J connectivity index is 1.71. The molecule has 0 bridgehead atoms. The molecule has 1 aliphatic rings. The van der Waals surface area contributed by atoms with Gasteiger partial charge in [0.05, 0.1) is 36.3 Å². The lowest BCUT2D eigenvalue weighted by molar-refractivity contribution is -0.112. The van der Waals surface area contributed by atoms with Crippen LogP contribution in [0.25, 0.3) is 0 Å². The summed E-state index contributed by atoms with van der Waals surface area (Å²) in [4.78, 5) is 32.5. The summed E-state index contributed by atoms with van der Waals surface area (Å²) >= 11 is 7.75. The molecule has 0 unspecified atom stereocenters. The van der Waals surface area contributed by atoms with Crippen LogP contribution in [0.4, 0.5) is 5.69 Å². The first-order chi connectivity index (χ1) is 14.0. The standard InChI is InChI=1S/C19H21ClN4O4S/c1-11-17(29-6-5-28-11)19(26)24-15-8-16(27-2)13(7-14(15)20)18(25)22-4-3-12-9-21-10-23-12/h7-10H,3-6H2,1-2H3,(H,21,23)(H,22,25)(H,24,26). The van der Waals surface area contributed by atoms with Crippen molar-refractivity contribution >= 4 is 40.9 Å². The van der Waals surface area contributed by atoms with Crippen molar-refractivity contribution in [3.63, 3.8) is 0 Å². The highest BCUT2D eigenvalue weighted by Gasteiger charge is 2.21. The number of amides is 2. The van der Waals surface area contributed by atoms with E-state index in [1.54, 1.807) is 19.4 Å². The molecule has 0 radical (unpaired) electrons. The first-order valence-corrected chi connectivity index (χ1v) is 10.3. The van der Waals surface area contributed by atoms with Crippen molar-refractivity contribution in [3.8, 4) is 5.75 Å². The van der Waals surface area contributed by atoms with Crippen LogP contribution < -0.4 is 15.4 Å². The Kier molecular flexibility index (Phi) is 7.05. The molecule has 10 heteroatoms. The van der Waals surface area contributed by atoms with Crippen LogP contribution in [0.2, 0.25) is 5.02 Å². The number of ether oxygens (including phenoxy) is 2. The maximum absolute atomic E-state index is 12.5. The Morgan fingerprint density at radius 3 is 2.90 bits per heavy atom. The highest BCUT2D eigenvalue weighted by Crippen LogP contribution is 2.33. The second-order valence-corrected chi connectivity index (χ2v) is 7.66. The zero-order valence-corrected chi connectivity index (χ0v) is 17.6. The van der Waals surface area contributed by atoms with Crippen molar-refractivity contribution < 1.29 is 19.1 Å². The van der Waals surface area contributed by atoms with E-state index in [4.69, 9.17) is 21.1 Å². The van der Waals surface area contributed by atoms with Gasteiger partial charge in [0.25, 0.3) is 11.8 Å². The smallest absolute Gasteiger partial charge is 0.265 e. The van der Waals surface area contributed by atoms with Crippen molar-refractivity contribution in [3.05, 3.63) is 51.6 Å². The number of carbonyl (C=O) groups is 2. The molecule has 0 fully saturated rings. The van der Waals surface area contributed by atoms with E-state index in [0.29, 0.717) is 47.4 Å². The van der Waals surface area contributed by atoms with Crippen LogP contribution in [0.3, 0.4) is 0 Å². The molecule has 3 N–H and O–H groups in total. The monoisotopic (exact) mass is 436 g/mol. The number of halogens is 1. The van der Waals surface area contributed by atoms with Crippen LogP contribution in [0, 0.1) is 0 Å². The quantitative estimate of drug-likeness (QED) is 0.616. The summed E-state index contributed by atoms with van der Waals surface area (Å²) < 4.78 is 10.8. The van der Waals surface area contributed by atoms with E-state index in [-0.39, 0.29) is 22.4 Å². The van der Waals surface area contributed by atoms with Gasteiger partial charge < -0.3 is 25.1 Å². The second-order valence-electron chi connectivity index (χ2n) is 6.15. The number of aromatic amines is 1. The van der Waals surface area contributed by atoms with Gasteiger partial charge in [-0.1, -0.05) is 11.6 Å². The molecule has 2 amide bonds. The molecule has 1 aromatic heterocycles. The number of methoxy groups -OCH3 is 1. The summed E-state index contributed by atoms with van der Waals surface area (Å²) in [5, 5.41) is 5.81. The van der Waals surface area contributed by atoms with Gasteiger partial charge in [0.2, 0.25) is 0 Å². The van der Waals surface area contributed by atoms with E-state index in [1.165, 1.54) is 31.0 Å². The number of nitrogens with zero attached hydrogens (tertiary/aromatic N) is 1. The molecule has 1 aliphatic heterocycles. The largest absolute Gasteiger partial charge is 0.496 e. The maximum Gasteiger partial charge on any atom is 0.265 e. The van der Waals surface area contributed by atoms with Crippen molar-refractivity contribution in [2.45, 2.75) is 13.3 Å². The number of imidazole rings is 1. The van der Waals surface area contributed by atoms with Crippen LogP contribution in [-0.2, 0) is 16.0 Å². The molecule has 0 saturated heterocycles. The number of H-pyrrole nitrogens is 1. The first-order valence-electron chi connectivity index (χ1n) is 8.90. The number of benzene rings is 1. The molecular weight excluding hydrogens is 416 g/mol. The van der Waals surface area contributed by atoms with Gasteiger partial charge in [0.15, 0.2) is 0 Å². The Bertz CT molecular complexity index is 931. The van der Waals surface area contributed by atoms with E-state index in [2.05, 4.69) is 20.6 Å². The van der Waals surface area contributed by atoms with Gasteiger partial charge in [-0.2, -0.15) is 0 Å². The lowest BCUT2D eigenvalue weighted by Gasteiger charge is -2.18. The first kappa shape index (κ1) is 21.1. The van der Waals surface area contributed by atoms with Crippen molar-refractivity contribution in [2.24, 2.45) is 0 Å². The zero-order valence-electron chi connectivity index (χ0n) is 16.0. The number of nitrogens with one attached hydrogen (secondary N) is 3. The minimum absolute atomic E-state index is 0.234. The average Bonchev–Trinajstić information content (AvgIpc) is 3.22. The molecule has 154 valence electrons. The summed E-state index contributed by atoms with van der Waals surface area (Å²) in [6.07, 6.45) is 3.90. The number of anilines is 1. The van der Waals surface area contributed by atoms with Gasteiger partial charge in [0, 0.05) is 36.7 Å². The van der Waals surface area contributed by atoms with E-state index in [0.717, 1.165) is 5.69 Å². The Morgan fingerprint density at radius 1 is 1.38 bits per heavy atom. The fourth-order valence-electron chi connectivity index (χ4n) is 2.73. The predicted octanol–water partition coefficient (Wildman–Crippen LogP) is 2.98. The van der Waals surface area contributed by atoms with Gasteiger partial charge in [0.1, 0.15) is 16.4 Å². The molecule has 0 saturated carbocycles. The van der Waals surface area contributed by atoms with E-state index >= 15 is 0 Å². The van der Waals surface area contributed by atoms with Gasteiger partial charge in [-0.05, 0) is 13.0 Å². The maximum atomic E-state index is 12.5. The third-order valence-electron chi connectivity index (χ3n) is 4.19. The molecule has 0 aliphatic carbocycles. The minimum atomic E-state index is -0.323. The van der Waals surface area contributed by atoms with Crippen LogP contribution in [0.15, 0.2) is 35.3 Å². The highest BCUT2D eigenvalue weighted by atomic mass is 35.5. The molecule has 2 heterocycles. The van der Waals surface area contributed by atoms with Gasteiger partial charge in [-0.15, -0.1) is 11.8 Å². The van der Waals surface area contributed by atoms with Crippen molar-refractivity contribution in [1.82, 2.24) is 15.3 Å². The van der Waals surface area contributed by atoms with Crippen LogP contribution in [-0.4, -0.2) is 47.8 Å². The summed E-state index contributed by atoms with van der Waals surface area (Å²) in [6, 6.07) is 3.02. The number of carbonyl (C=O) groups excluding carboxylic acids is 2. The van der Waals surface area contributed by atoms with E-state index < -0.39 is 0 Å². The topological polar surface area (TPSA) is 105 Å². The number of rotatable bonds is 7. The third kappa shape index (κ3) is 5.24. The molecule has 8 nitrogen and oxygen atoms in total. The minimum Gasteiger partial charge on any atom is -0.496 e. The fraction of sp³-hybridized carbons (Fsp3) is 0.316. The molecule has 29 heavy (non-hydrogen) atoms. The fourth-order valence-corrected chi connectivity index (χ4v) is 3.76. The molecule has 3 rings (SSSR count). The van der Waals surface area contributed by atoms with Gasteiger partial charge >= 0.3 is 0 Å². The molecule has 2 aromatic rings. The number of hydrogen-bond donors (Lipinski definition) is 3. The second kappa shape index (κ2) is 9.71. The third-order valence-corrected chi connectivity index (χ3v) is 5.64. The molecule has 0 spiro atoms. The molecular formula is C19H21ClN4O4S. The summed E-state index contributed by atoms with van der Waals surface area (Å²) in [7, 11) is 1.45. The summed E-state index contributed by atoms with van der Waals surface area (Å²) in [5.41, 5.74) is 1.56. The number of aromatic nitrogens is 2. The summed E-state index contributed by atoms with van der Waals surface area (Å²) in [5.74, 6) is 0.954. The Morgan fingerprint density at radius 2 is 2.21 bits per heavy atom. The number of hydrogen-bond acceptors (Lipinski definition) is 6. The number of allylic oxidation sites excluding steroid dienone is 1. The SMILES string of the molecule is COc1cc(NC(=O)C2=C(C)OCCS2)c(Cl)cc1C(=O)NCCc1cnc[nH]1. The zero-order chi connectivity index (χ0) is 20.8. The Hall–Kier alpha value is -2.65. The van der Waals surface area contributed by atoms with Crippen molar-refractivity contribution in [2.75, 3.05) is 31.3 Å². The molecule has 0 atom stereocenters. The van der Waals surface area contributed by atoms with Gasteiger partial charge in [-0.3, -0.25) is 9.59 Å². The van der Waals surface area contributed by atoms with Gasteiger partial charge in [-0.25, -0.2) is 4.98 Å². The number of thioether (sulfide) groups is 1. The summed E-state index contributed by atoms with van der Waals surface area (Å²) in [6.45, 7) is 2.75. The van der Waals surface area contributed by atoms with E-state index in [1.807, 2.05) is 0 Å². The predicted molar refractivity (Wildman–Crippen MR) is 112 cm³/mol. The lowest BCUT2D eigenvalue weighted by atomic mass is 10.1. The normalized spacial score (nSPS) is 13.6. The highest BCUT2D eigenvalue weighted by molar-refractivity contribution is 8.04. The average molecular weight is 437 g/mol. The lowest BCUT2D eigenvalue weighted by Crippen LogP contribution is -2.26. The van der Waals surface area contributed by atoms with Crippen LogP contribution in [0.1, 0.15) is 23.0 Å².